The molecule has 0 aliphatic heterocycles. The number of nitrogen functional groups attached to an aromatic ring is 1. The van der Waals surface area contributed by atoms with Crippen molar-refractivity contribution < 1.29 is 4.79 Å². The topological polar surface area (TPSA) is 98.7 Å². The molecule has 21 heavy (non-hydrogen) atoms. The monoisotopic (exact) mass is 290 g/mol. The van der Waals surface area contributed by atoms with Crippen LogP contribution in [0.3, 0.4) is 0 Å². The van der Waals surface area contributed by atoms with Crippen LogP contribution in [0.15, 0.2) is 11.6 Å². The molecule has 7 nitrogen and oxygen atoms in total. The minimum atomic E-state index is -0.115. The maximum absolute atomic E-state index is 11.8. The van der Waals surface area contributed by atoms with E-state index in [9.17, 15) is 4.79 Å². The van der Waals surface area contributed by atoms with E-state index >= 15 is 0 Å². The molecule has 0 aromatic carbocycles. The molecule has 1 fully saturated rings. The molecule has 1 aromatic heterocycles. The molecule has 114 valence electrons. The zero-order valence-electron chi connectivity index (χ0n) is 12.5. The van der Waals surface area contributed by atoms with E-state index in [0.29, 0.717) is 17.9 Å². The van der Waals surface area contributed by atoms with Gasteiger partial charge in [0.25, 0.3) is 0 Å². The Balaban J connectivity index is 1.45. The van der Waals surface area contributed by atoms with Crippen molar-refractivity contribution in [3.63, 3.8) is 0 Å². The van der Waals surface area contributed by atoms with Crippen LogP contribution in [-0.2, 0) is 11.3 Å². The number of nitrogens with zero attached hydrogens (tertiary/aromatic N) is 4. The van der Waals surface area contributed by atoms with Gasteiger partial charge in [-0.2, -0.15) is 0 Å². The summed E-state index contributed by atoms with van der Waals surface area (Å²) in [4.78, 5) is 11.8. The number of carbonyl (C=O) groups is 1. The van der Waals surface area contributed by atoms with E-state index in [1.807, 2.05) is 0 Å². The number of tetrazole rings is 1. The van der Waals surface area contributed by atoms with E-state index < -0.39 is 0 Å². The van der Waals surface area contributed by atoms with Gasteiger partial charge < -0.3 is 11.1 Å². The van der Waals surface area contributed by atoms with E-state index in [1.165, 1.54) is 23.1 Å². The first kappa shape index (κ1) is 14.0. The lowest BCUT2D eigenvalue weighted by atomic mass is 9.48. The molecule has 1 aromatic rings. The zero-order chi connectivity index (χ0) is 15.0. The number of amides is 1. The number of aromatic nitrogens is 4. The fourth-order valence-electron chi connectivity index (χ4n) is 3.62. The van der Waals surface area contributed by atoms with Crippen LogP contribution in [0.5, 0.6) is 0 Å². The number of allylic oxidation sites excluding steroid dienone is 1. The number of fused-ring (bicyclic) bond motifs is 1. The maximum Gasteiger partial charge on any atom is 0.241 e. The zero-order valence-corrected chi connectivity index (χ0v) is 12.5. The molecule has 3 aliphatic carbocycles. The van der Waals surface area contributed by atoms with E-state index in [4.69, 9.17) is 5.73 Å². The Bertz CT molecular complexity index is 576. The fraction of sp³-hybridized carbons (Fsp3) is 0.714. The second kappa shape index (κ2) is 5.13. The Hall–Kier alpha value is -1.92. The van der Waals surface area contributed by atoms with E-state index in [1.54, 1.807) is 0 Å². The molecule has 1 saturated carbocycles. The molecule has 3 aliphatic rings. The predicted octanol–water partition coefficient (Wildman–Crippen LogP) is 0.754. The summed E-state index contributed by atoms with van der Waals surface area (Å²) >= 11 is 0. The number of nitrogens with one attached hydrogen (secondary N) is 1. The van der Waals surface area contributed by atoms with Crippen molar-refractivity contribution in [3.05, 3.63) is 11.6 Å². The maximum atomic E-state index is 11.8. The molecule has 3 N–H and O–H groups in total. The molecule has 7 heteroatoms. The third-order valence-electron chi connectivity index (χ3n) is 5.17. The van der Waals surface area contributed by atoms with Crippen LogP contribution in [0.4, 0.5) is 5.95 Å². The molecular weight excluding hydrogens is 268 g/mol. The van der Waals surface area contributed by atoms with Crippen molar-refractivity contribution in [2.24, 2.45) is 17.3 Å². The SMILES string of the molecule is CC1(C)[C@H]2CC=C(CCNC(=O)Cn3nnnc3N)[C@@H]1C2. The molecule has 1 heterocycles. The Morgan fingerprint density at radius 1 is 1.57 bits per heavy atom. The summed E-state index contributed by atoms with van der Waals surface area (Å²) in [5.41, 5.74) is 7.47. The van der Waals surface area contributed by atoms with Crippen LogP contribution in [0.2, 0.25) is 0 Å². The molecule has 0 unspecified atom stereocenters. The van der Waals surface area contributed by atoms with Crippen LogP contribution < -0.4 is 11.1 Å². The van der Waals surface area contributed by atoms with Crippen molar-refractivity contribution >= 4 is 11.9 Å². The largest absolute Gasteiger partial charge is 0.367 e. The minimum absolute atomic E-state index is 0.0644. The third kappa shape index (κ3) is 2.52. The van der Waals surface area contributed by atoms with Gasteiger partial charge >= 0.3 is 0 Å². The highest BCUT2D eigenvalue weighted by atomic mass is 16.2. The highest BCUT2D eigenvalue weighted by molar-refractivity contribution is 5.75. The third-order valence-corrected chi connectivity index (χ3v) is 5.17. The number of carbonyl (C=O) groups excluding carboxylic acids is 1. The van der Waals surface area contributed by atoms with Gasteiger partial charge in [0.1, 0.15) is 6.54 Å². The van der Waals surface area contributed by atoms with Gasteiger partial charge in [0.2, 0.25) is 11.9 Å². The summed E-state index contributed by atoms with van der Waals surface area (Å²) in [6, 6.07) is 0. The van der Waals surface area contributed by atoms with Crippen LogP contribution in [0.1, 0.15) is 33.1 Å². The second-order valence-electron chi connectivity index (χ2n) is 6.62. The average Bonchev–Trinajstić information content (AvgIpc) is 2.84. The first-order valence-corrected chi connectivity index (χ1v) is 7.45. The van der Waals surface area contributed by atoms with Crippen LogP contribution in [0, 0.1) is 17.3 Å². The standard InChI is InChI=1S/C14H22N6O/c1-14(2)10-4-3-9(11(14)7-10)5-6-16-12(21)8-20-13(15)17-18-19-20/h3,10-11H,4-8H2,1-2H3,(H,16,21)(H2,15,17,19)/t10-,11-/m0/s1. The Morgan fingerprint density at radius 3 is 3.00 bits per heavy atom. The molecule has 2 bridgehead atoms. The molecule has 0 saturated heterocycles. The van der Waals surface area contributed by atoms with Crippen molar-refractivity contribution in [1.29, 1.82) is 0 Å². The molecule has 1 amide bonds. The van der Waals surface area contributed by atoms with Gasteiger partial charge in [-0.25, -0.2) is 4.68 Å². The molecule has 4 rings (SSSR count). The van der Waals surface area contributed by atoms with E-state index in [0.717, 1.165) is 12.3 Å². The Kier molecular flexibility index (Phi) is 3.43. The molecule has 0 spiro atoms. The van der Waals surface area contributed by atoms with E-state index in [2.05, 4.69) is 40.8 Å². The van der Waals surface area contributed by atoms with Gasteiger partial charge in [0.15, 0.2) is 0 Å². The smallest absolute Gasteiger partial charge is 0.241 e. The van der Waals surface area contributed by atoms with Crippen molar-refractivity contribution in [1.82, 2.24) is 25.5 Å². The quantitative estimate of drug-likeness (QED) is 0.780. The van der Waals surface area contributed by atoms with Crippen LogP contribution in [-0.4, -0.2) is 32.7 Å². The number of hydrogen-bond acceptors (Lipinski definition) is 5. The molecular formula is C14H22N6O. The Morgan fingerprint density at radius 2 is 2.38 bits per heavy atom. The number of rotatable bonds is 5. The lowest BCUT2D eigenvalue weighted by molar-refractivity contribution is -0.121. The first-order valence-electron chi connectivity index (χ1n) is 7.45. The summed E-state index contributed by atoms with van der Waals surface area (Å²) in [6.45, 7) is 5.44. The van der Waals surface area contributed by atoms with Crippen molar-refractivity contribution in [2.45, 2.75) is 39.7 Å². The van der Waals surface area contributed by atoms with Gasteiger partial charge in [0.05, 0.1) is 0 Å². The molecule has 0 radical (unpaired) electrons. The van der Waals surface area contributed by atoms with Gasteiger partial charge in [-0.15, -0.1) is 0 Å². The van der Waals surface area contributed by atoms with E-state index in [-0.39, 0.29) is 18.4 Å². The van der Waals surface area contributed by atoms with Crippen molar-refractivity contribution in [3.8, 4) is 0 Å². The molecule has 2 atom stereocenters. The summed E-state index contributed by atoms with van der Waals surface area (Å²) in [6.07, 6.45) is 5.80. The summed E-state index contributed by atoms with van der Waals surface area (Å²) in [7, 11) is 0. The fourth-order valence-corrected chi connectivity index (χ4v) is 3.62. The highest BCUT2D eigenvalue weighted by Gasteiger charge is 2.50. The normalized spacial score (nSPS) is 25.9. The van der Waals surface area contributed by atoms with Gasteiger partial charge in [0, 0.05) is 6.54 Å². The lowest BCUT2D eigenvalue weighted by Gasteiger charge is -2.56. The average molecular weight is 290 g/mol. The second-order valence-corrected chi connectivity index (χ2v) is 6.62. The lowest BCUT2D eigenvalue weighted by Crippen LogP contribution is -2.48. The van der Waals surface area contributed by atoms with Gasteiger partial charge in [-0.05, 0) is 46.9 Å². The van der Waals surface area contributed by atoms with Crippen molar-refractivity contribution in [2.75, 3.05) is 12.3 Å². The van der Waals surface area contributed by atoms with Crippen LogP contribution in [0.25, 0.3) is 0 Å². The number of anilines is 1. The number of hydrogen-bond donors (Lipinski definition) is 2. The summed E-state index contributed by atoms with van der Waals surface area (Å²) in [5, 5.41) is 13.5. The highest BCUT2D eigenvalue weighted by Crippen LogP contribution is 2.59. The van der Waals surface area contributed by atoms with Crippen LogP contribution >= 0.6 is 0 Å². The predicted molar refractivity (Wildman–Crippen MR) is 77.9 cm³/mol. The van der Waals surface area contributed by atoms with Gasteiger partial charge in [-0.3, -0.25) is 4.79 Å². The number of nitrogens with two attached hydrogens (primary N) is 1. The summed E-state index contributed by atoms with van der Waals surface area (Å²) in [5.74, 6) is 1.59. The minimum Gasteiger partial charge on any atom is -0.367 e. The summed E-state index contributed by atoms with van der Waals surface area (Å²) < 4.78 is 1.29. The Labute approximate surface area is 124 Å². The first-order chi connectivity index (χ1) is 9.98. The van der Waals surface area contributed by atoms with Gasteiger partial charge in [-0.1, -0.05) is 30.6 Å².